The largest absolute Gasteiger partial charge is 0.497 e. The highest BCUT2D eigenvalue weighted by molar-refractivity contribution is 7.03. The number of carbonyl (C=O) groups is 3. The van der Waals surface area contributed by atoms with Crippen LogP contribution in [0.5, 0.6) is 5.75 Å². The molecule has 0 radical (unpaired) electrons. The first kappa shape index (κ1) is 45.7. The average molecular weight is 868 g/mol. The van der Waals surface area contributed by atoms with Crippen LogP contribution in [0, 0.1) is 11.8 Å². The second-order valence-electron chi connectivity index (χ2n) is 15.7. The minimum Gasteiger partial charge on any atom is -0.497 e. The van der Waals surface area contributed by atoms with Crippen LogP contribution in [-0.2, 0) is 22.7 Å². The maximum Gasteiger partial charge on any atom is 0.490 e. The number of rotatable bonds is 14. The van der Waals surface area contributed by atoms with E-state index in [1.807, 2.05) is 88.0 Å². The van der Waals surface area contributed by atoms with Crippen molar-refractivity contribution in [3.8, 4) is 28.1 Å². The molecule has 0 atom stereocenters. The first-order valence-corrected chi connectivity index (χ1v) is 21.8. The molecule has 326 valence electrons. The number of amides is 2. The molecule has 62 heavy (non-hydrogen) atoms. The van der Waals surface area contributed by atoms with Gasteiger partial charge in [-0.1, -0.05) is 84.4 Å². The van der Waals surface area contributed by atoms with Crippen molar-refractivity contribution in [3.63, 3.8) is 0 Å². The van der Waals surface area contributed by atoms with Crippen molar-refractivity contribution in [3.05, 3.63) is 131 Å². The fourth-order valence-corrected chi connectivity index (χ4v) is 8.38. The van der Waals surface area contributed by atoms with Crippen LogP contribution >= 0.6 is 11.5 Å². The molecule has 2 fully saturated rings. The smallest absolute Gasteiger partial charge is 0.490 e. The number of alkyl halides is 3. The molecule has 2 aliphatic rings. The van der Waals surface area contributed by atoms with Gasteiger partial charge in [0.1, 0.15) is 11.4 Å². The van der Waals surface area contributed by atoms with Crippen molar-refractivity contribution in [2.45, 2.75) is 64.2 Å². The van der Waals surface area contributed by atoms with E-state index in [9.17, 15) is 22.8 Å². The molecular formula is C48H52F3N5O5S. The number of aliphatic carboxylic acids is 1. The van der Waals surface area contributed by atoms with Crippen LogP contribution in [0.3, 0.4) is 0 Å². The second kappa shape index (κ2) is 22.3. The summed E-state index contributed by atoms with van der Waals surface area (Å²) in [6, 6.07) is 32.0. The van der Waals surface area contributed by atoms with Gasteiger partial charge in [0, 0.05) is 48.8 Å². The first-order chi connectivity index (χ1) is 29.9. The number of hydrogen-bond donors (Lipinski definition) is 2. The SMILES string of the molecule is COc1ccc(C=CC(=O)N(Cc2cccc(-c3cccc(C(=O)N4CCC(CCCC5CCNCC5)CC4)c3)c2)Cc2cccc(-c3csnn3)c2)cc1.O=C(O)C(F)(F)F. The zero-order chi connectivity index (χ0) is 43.9. The zero-order valence-electron chi connectivity index (χ0n) is 34.7. The van der Waals surface area contributed by atoms with Crippen molar-refractivity contribution in [2.24, 2.45) is 11.8 Å². The lowest BCUT2D eigenvalue weighted by Crippen LogP contribution is -2.38. The number of likely N-dealkylation sites (tertiary alicyclic amines) is 1. The molecule has 0 aliphatic carbocycles. The molecule has 0 unspecified atom stereocenters. The Hall–Kier alpha value is -5.86. The lowest BCUT2D eigenvalue weighted by molar-refractivity contribution is -0.192. The van der Waals surface area contributed by atoms with Crippen LogP contribution < -0.4 is 10.1 Å². The Morgan fingerprint density at radius 2 is 1.42 bits per heavy atom. The minimum absolute atomic E-state index is 0.0971. The summed E-state index contributed by atoms with van der Waals surface area (Å²) in [6.45, 7) is 4.83. The van der Waals surface area contributed by atoms with Crippen LogP contribution in [0.2, 0.25) is 0 Å². The first-order valence-electron chi connectivity index (χ1n) is 20.9. The molecule has 2 amide bonds. The fraction of sp³-hybridized carbons (Fsp3) is 0.354. The maximum atomic E-state index is 13.9. The minimum atomic E-state index is -5.08. The number of aromatic nitrogens is 2. The Morgan fingerprint density at radius 3 is 2.02 bits per heavy atom. The average Bonchev–Trinajstić information content (AvgIpc) is 3.84. The number of ether oxygens (including phenoxy) is 1. The van der Waals surface area contributed by atoms with Crippen molar-refractivity contribution in [2.75, 3.05) is 33.3 Å². The van der Waals surface area contributed by atoms with Crippen molar-refractivity contribution >= 4 is 35.4 Å². The molecular weight excluding hydrogens is 816 g/mol. The number of halogens is 3. The van der Waals surface area contributed by atoms with Crippen LogP contribution in [0.4, 0.5) is 13.2 Å². The molecule has 0 saturated carbocycles. The number of nitrogens with zero attached hydrogens (tertiary/aromatic N) is 4. The van der Waals surface area contributed by atoms with Gasteiger partial charge in [-0.2, -0.15) is 13.2 Å². The monoisotopic (exact) mass is 867 g/mol. The third-order valence-corrected chi connectivity index (χ3v) is 11.9. The Labute approximate surface area is 364 Å². The second-order valence-corrected chi connectivity index (χ2v) is 16.3. The molecule has 2 N–H and O–H groups in total. The van der Waals surface area contributed by atoms with Gasteiger partial charge in [0.2, 0.25) is 5.91 Å². The van der Waals surface area contributed by atoms with E-state index in [1.165, 1.54) is 56.7 Å². The fourth-order valence-electron chi connectivity index (χ4n) is 7.91. The zero-order valence-corrected chi connectivity index (χ0v) is 35.5. The summed E-state index contributed by atoms with van der Waals surface area (Å²) in [7, 11) is 1.64. The Bertz CT molecular complexity index is 2250. The van der Waals surface area contributed by atoms with E-state index >= 15 is 0 Å². The standard InChI is InChI=1S/C46H51N5O3S.C2HF3O2/c1-54-43-17-14-36(15-18-43)16-19-45(52)51(32-38-9-4-12-41(29-38)44-33-55-49-48-44)31-37-8-3-10-39(28-37)40-11-5-13-42(30-40)46(53)50-26-22-35(23-27-50)7-2-6-34-20-24-47-25-21-34;3-2(4,5)1(6)7/h3-5,8-19,28-30,33-35,47H,2,6-7,20-27,31-32H2,1H3;(H,6,7). The van der Waals surface area contributed by atoms with E-state index in [2.05, 4.69) is 45.2 Å². The lowest BCUT2D eigenvalue weighted by Gasteiger charge is -2.32. The van der Waals surface area contributed by atoms with E-state index in [4.69, 9.17) is 14.6 Å². The van der Waals surface area contributed by atoms with E-state index in [0.29, 0.717) is 13.1 Å². The Balaban J connectivity index is 0.000000845. The third-order valence-electron chi connectivity index (χ3n) is 11.4. The van der Waals surface area contributed by atoms with Crippen LogP contribution in [0.15, 0.2) is 109 Å². The maximum absolute atomic E-state index is 13.9. The summed E-state index contributed by atoms with van der Waals surface area (Å²) in [5.41, 5.74) is 7.43. The van der Waals surface area contributed by atoms with Gasteiger partial charge in [0.25, 0.3) is 5.91 Å². The molecule has 0 bridgehead atoms. The Kier molecular flexibility index (Phi) is 16.4. The molecule has 14 heteroatoms. The molecule has 1 aromatic heterocycles. The Morgan fingerprint density at radius 1 is 0.839 bits per heavy atom. The van der Waals surface area contributed by atoms with E-state index in [-0.39, 0.29) is 11.8 Å². The van der Waals surface area contributed by atoms with Crippen molar-refractivity contribution in [1.82, 2.24) is 24.7 Å². The molecule has 2 aliphatic heterocycles. The van der Waals surface area contributed by atoms with E-state index in [1.54, 1.807) is 13.2 Å². The number of hydrogen-bond acceptors (Lipinski definition) is 8. The van der Waals surface area contributed by atoms with Gasteiger partial charge in [-0.25, -0.2) is 4.79 Å². The van der Waals surface area contributed by atoms with Crippen LogP contribution in [0.25, 0.3) is 28.5 Å². The molecule has 2 saturated heterocycles. The molecule has 5 aromatic rings. The predicted octanol–water partition coefficient (Wildman–Crippen LogP) is 9.78. The number of methoxy groups -OCH3 is 1. The van der Waals surface area contributed by atoms with Crippen molar-refractivity contribution < 1.29 is 37.4 Å². The number of piperidine rings is 2. The molecule has 7 rings (SSSR count). The molecule has 10 nitrogen and oxygen atoms in total. The summed E-state index contributed by atoms with van der Waals surface area (Å²) < 4.78 is 41.0. The summed E-state index contributed by atoms with van der Waals surface area (Å²) in [5.74, 6) is -0.359. The number of benzene rings is 4. The molecule has 3 heterocycles. The summed E-state index contributed by atoms with van der Waals surface area (Å²) in [5, 5.41) is 16.8. The topological polar surface area (TPSA) is 125 Å². The lowest BCUT2D eigenvalue weighted by atomic mass is 9.87. The van der Waals surface area contributed by atoms with Gasteiger partial charge in [-0.05, 0) is 132 Å². The predicted molar refractivity (Wildman–Crippen MR) is 235 cm³/mol. The van der Waals surface area contributed by atoms with Gasteiger partial charge in [-0.3, -0.25) is 9.59 Å². The number of carboxylic acids is 1. The van der Waals surface area contributed by atoms with Gasteiger partial charge in [0.05, 0.1) is 7.11 Å². The van der Waals surface area contributed by atoms with Crippen molar-refractivity contribution in [1.29, 1.82) is 0 Å². The number of carbonyl (C=O) groups excluding carboxylic acids is 2. The summed E-state index contributed by atoms with van der Waals surface area (Å²) >= 11 is 1.32. The van der Waals surface area contributed by atoms with Gasteiger partial charge < -0.3 is 25.0 Å². The molecule has 4 aromatic carbocycles. The highest BCUT2D eigenvalue weighted by Gasteiger charge is 2.38. The normalized spacial score (nSPS) is 14.9. The van der Waals surface area contributed by atoms with E-state index < -0.39 is 12.1 Å². The third kappa shape index (κ3) is 13.6. The highest BCUT2D eigenvalue weighted by Crippen LogP contribution is 2.29. The summed E-state index contributed by atoms with van der Waals surface area (Å²) in [4.78, 5) is 40.4. The number of carboxylic acid groups (broad SMARTS) is 1. The van der Waals surface area contributed by atoms with Crippen LogP contribution in [-0.4, -0.2) is 81.7 Å². The van der Waals surface area contributed by atoms with Crippen LogP contribution in [0.1, 0.15) is 72.0 Å². The number of nitrogens with one attached hydrogen (secondary N) is 1. The highest BCUT2D eigenvalue weighted by atomic mass is 32.1. The van der Waals surface area contributed by atoms with Gasteiger partial charge >= 0.3 is 12.1 Å². The summed E-state index contributed by atoms with van der Waals surface area (Å²) in [6.07, 6.45) is 7.17. The van der Waals surface area contributed by atoms with Gasteiger partial charge in [0.15, 0.2) is 0 Å². The quantitative estimate of drug-likeness (QED) is 0.106. The molecule has 0 spiro atoms. The van der Waals surface area contributed by atoms with E-state index in [0.717, 1.165) is 88.2 Å². The van der Waals surface area contributed by atoms with Gasteiger partial charge in [-0.15, -0.1) is 5.10 Å².